The summed E-state index contributed by atoms with van der Waals surface area (Å²) < 4.78 is 3.72. The molecule has 0 spiro atoms. The average Bonchev–Trinajstić information content (AvgIpc) is 2.09. The monoisotopic (exact) mass is 1280 g/mol. The third-order valence-corrected chi connectivity index (χ3v) is 16.6. The molecule has 0 fully saturated rings. The van der Waals surface area contributed by atoms with Crippen LogP contribution in [-0.4, -0.2) is 112 Å². The van der Waals surface area contributed by atoms with Gasteiger partial charge in [-0.15, -0.1) is 0 Å². The number of phenols is 1. The van der Waals surface area contributed by atoms with E-state index in [9.17, 15) is 34.3 Å². The van der Waals surface area contributed by atoms with Gasteiger partial charge in [-0.3, -0.25) is 41.2 Å². The van der Waals surface area contributed by atoms with Crippen LogP contribution in [0.15, 0.2) is 146 Å². The summed E-state index contributed by atoms with van der Waals surface area (Å²) in [4.78, 5) is 81.7. The Morgan fingerprint density at radius 1 is 0.400 bits per heavy atom. The molecular weight excluding hydrogens is 1220 g/mol. The highest BCUT2D eigenvalue weighted by molar-refractivity contribution is 7.24. The second-order valence-corrected chi connectivity index (χ2v) is 23.3. The summed E-state index contributed by atoms with van der Waals surface area (Å²) in [5.41, 5.74) is 12.3. The number of phenolic OH excluding ortho intramolecular Hbond substituents is 1. The SMILES string of the molecule is CCNC(=O)Nc1nc2cc(B(O)O)cc(-c3ccccn3)c2s1.CCNC(=O)Nc1nc2cc(C)cc(-c3ccccn3)c2s1.CCNC(=O)Nc1nc2cc(C)cc(-c3ccccn3)c2s1.CCNC(=O)Nc1nc2cc(O)cc(-c3ccccn3)c2s1. The lowest BCUT2D eigenvalue weighted by Crippen LogP contribution is -2.29. The van der Waals surface area contributed by atoms with Crippen molar-refractivity contribution < 1.29 is 34.3 Å². The lowest BCUT2D eigenvalue weighted by Gasteiger charge is -2.05. The number of rotatable bonds is 13. The van der Waals surface area contributed by atoms with Crippen LogP contribution < -0.4 is 48.0 Å². The number of pyridine rings is 4. The minimum absolute atomic E-state index is 0.114. The standard InChI is InChI=1S/2C16H16N4OS.C15H15BN4O3S.C15H14N4O2S/c2*1-3-17-15(21)20-16-19-13-9-10(2)8-11(14(13)22-16)12-6-4-5-7-18-12;1-2-17-14(21)20-15-19-12-8-9(16(22)23)7-10(13(12)24-15)11-5-3-4-6-18-11;1-2-16-14(21)19-15-18-12-8-9(20)7-10(13(12)22-15)11-5-3-4-6-17-11/h2*4-9H,3H2,1-2H3,(H2,17,19,20,21);3-8,22-23H,2H2,1H3,(H2,17,19,20,21);3-8,20H,2H2,1H3,(H2,16,18,19,21). The highest BCUT2D eigenvalue weighted by atomic mass is 32.1. The quantitative estimate of drug-likeness (QED) is 0.0478. The molecule has 23 nitrogen and oxygen atoms in total. The van der Waals surface area contributed by atoms with Crippen LogP contribution in [0.4, 0.5) is 39.7 Å². The first-order valence-electron chi connectivity index (χ1n) is 28.2. The number of benzene rings is 4. The number of urea groups is 4. The molecule has 0 radical (unpaired) electrons. The zero-order chi connectivity index (χ0) is 63.7. The van der Waals surface area contributed by atoms with Crippen molar-refractivity contribution in [2.24, 2.45) is 0 Å². The van der Waals surface area contributed by atoms with Crippen LogP contribution >= 0.6 is 45.3 Å². The number of carbonyl (C=O) groups is 4. The summed E-state index contributed by atoms with van der Waals surface area (Å²) in [7, 11) is -1.61. The van der Waals surface area contributed by atoms with Crippen molar-refractivity contribution in [1.29, 1.82) is 0 Å². The molecule has 0 aliphatic heterocycles. The van der Waals surface area contributed by atoms with Crippen molar-refractivity contribution in [3.8, 4) is 50.8 Å². The van der Waals surface area contributed by atoms with Gasteiger partial charge in [0, 0.05) is 79.3 Å². The van der Waals surface area contributed by atoms with Crippen LogP contribution in [-0.2, 0) is 0 Å². The fraction of sp³-hybridized carbons (Fsp3) is 0.161. The Morgan fingerprint density at radius 3 is 0.978 bits per heavy atom. The van der Waals surface area contributed by atoms with E-state index >= 15 is 0 Å². The number of thiazole rings is 4. The Hall–Kier alpha value is -10.1. The summed E-state index contributed by atoms with van der Waals surface area (Å²) >= 11 is 5.57. The molecule has 8 amide bonds. The highest BCUT2D eigenvalue weighted by Crippen LogP contribution is 2.39. The molecule has 0 atom stereocenters. The normalized spacial score (nSPS) is 10.6. The molecule has 11 N–H and O–H groups in total. The summed E-state index contributed by atoms with van der Waals surface area (Å²) in [6.07, 6.45) is 6.91. The first-order chi connectivity index (χ1) is 43.6. The van der Waals surface area contributed by atoms with E-state index in [1.54, 1.807) is 55.1 Å². The molecule has 8 heterocycles. The minimum atomic E-state index is -1.61. The van der Waals surface area contributed by atoms with Crippen molar-refractivity contribution in [2.45, 2.75) is 41.5 Å². The van der Waals surface area contributed by atoms with E-state index in [1.807, 2.05) is 120 Å². The zero-order valence-electron chi connectivity index (χ0n) is 49.4. The maximum Gasteiger partial charge on any atom is 0.488 e. The number of aryl methyl sites for hydroxylation is 2. The number of hydrogen-bond acceptors (Lipinski definition) is 19. The second kappa shape index (κ2) is 30.7. The van der Waals surface area contributed by atoms with Gasteiger partial charge < -0.3 is 36.4 Å². The molecule has 0 unspecified atom stereocenters. The third kappa shape index (κ3) is 16.7. The van der Waals surface area contributed by atoms with Gasteiger partial charge in [0.15, 0.2) is 20.5 Å². The Balaban J connectivity index is 0.000000142. The molecule has 0 aliphatic rings. The summed E-state index contributed by atoms with van der Waals surface area (Å²) in [5, 5.41) is 52.6. The van der Waals surface area contributed by atoms with Crippen LogP contribution in [0, 0.1) is 13.8 Å². The number of aromatic nitrogens is 8. The van der Waals surface area contributed by atoms with Crippen LogP contribution in [0.5, 0.6) is 5.75 Å². The Kier molecular flexibility index (Phi) is 22.0. The van der Waals surface area contributed by atoms with E-state index in [0.29, 0.717) is 68.9 Å². The molecule has 12 aromatic rings. The lowest BCUT2D eigenvalue weighted by molar-refractivity contribution is 0.251. The summed E-state index contributed by atoms with van der Waals surface area (Å²) in [6, 6.07) is 36.3. The van der Waals surface area contributed by atoms with Crippen LogP contribution in [0.1, 0.15) is 38.8 Å². The molecule has 4 aromatic carbocycles. The van der Waals surface area contributed by atoms with E-state index < -0.39 is 7.12 Å². The van der Waals surface area contributed by atoms with Crippen LogP contribution in [0.25, 0.3) is 85.9 Å². The van der Waals surface area contributed by atoms with Gasteiger partial charge in [0.25, 0.3) is 0 Å². The van der Waals surface area contributed by atoms with Crippen LogP contribution in [0.3, 0.4) is 0 Å². The molecule has 458 valence electrons. The van der Waals surface area contributed by atoms with E-state index in [1.165, 1.54) is 45.3 Å². The van der Waals surface area contributed by atoms with Crippen molar-refractivity contribution in [1.82, 2.24) is 61.1 Å². The van der Waals surface area contributed by atoms with Crippen molar-refractivity contribution in [2.75, 3.05) is 47.4 Å². The third-order valence-electron chi connectivity index (χ3n) is 12.5. The Bertz CT molecular complexity index is 4110. The van der Waals surface area contributed by atoms with Crippen molar-refractivity contribution in [3.63, 3.8) is 0 Å². The van der Waals surface area contributed by atoms with Gasteiger partial charge in [-0.1, -0.05) is 75.7 Å². The maximum absolute atomic E-state index is 11.7. The van der Waals surface area contributed by atoms with E-state index in [4.69, 9.17) is 0 Å². The average molecular weight is 1280 g/mol. The number of fused-ring (bicyclic) bond motifs is 4. The molecule has 0 aliphatic carbocycles. The molecule has 28 heteroatoms. The van der Waals surface area contributed by atoms with E-state index in [0.717, 1.165) is 80.3 Å². The number of aromatic hydroxyl groups is 1. The predicted molar refractivity (Wildman–Crippen MR) is 363 cm³/mol. The lowest BCUT2D eigenvalue weighted by atomic mass is 9.79. The number of anilines is 4. The number of nitrogens with zero attached hydrogens (tertiary/aromatic N) is 8. The highest BCUT2D eigenvalue weighted by Gasteiger charge is 2.21. The molecule has 0 saturated carbocycles. The molecule has 12 rings (SSSR count). The van der Waals surface area contributed by atoms with E-state index in [2.05, 4.69) is 94.5 Å². The second-order valence-electron chi connectivity index (χ2n) is 19.3. The van der Waals surface area contributed by atoms with Gasteiger partial charge in [-0.2, -0.15) is 0 Å². The number of amides is 8. The first-order valence-corrected chi connectivity index (χ1v) is 31.5. The van der Waals surface area contributed by atoms with Gasteiger partial charge in [0.2, 0.25) is 0 Å². The Labute approximate surface area is 532 Å². The van der Waals surface area contributed by atoms with Crippen LogP contribution in [0.2, 0.25) is 0 Å². The molecule has 8 aromatic heterocycles. The summed E-state index contributed by atoms with van der Waals surface area (Å²) in [5.74, 6) is 0.114. The zero-order valence-corrected chi connectivity index (χ0v) is 52.7. The van der Waals surface area contributed by atoms with Gasteiger partial charge in [-0.25, -0.2) is 39.1 Å². The molecular formula is C62H61BN16O7S4. The van der Waals surface area contributed by atoms with E-state index in [-0.39, 0.29) is 29.9 Å². The van der Waals surface area contributed by atoms with Crippen molar-refractivity contribution >= 4 is 143 Å². The smallest absolute Gasteiger partial charge is 0.488 e. The number of nitrogens with one attached hydrogen (secondary N) is 8. The number of hydrogen-bond donors (Lipinski definition) is 11. The van der Waals surface area contributed by atoms with Gasteiger partial charge in [0.05, 0.1) is 63.6 Å². The van der Waals surface area contributed by atoms with Gasteiger partial charge in [0.1, 0.15) is 5.75 Å². The molecule has 0 bridgehead atoms. The van der Waals surface area contributed by atoms with Gasteiger partial charge >= 0.3 is 31.2 Å². The van der Waals surface area contributed by atoms with Crippen molar-refractivity contribution in [3.05, 3.63) is 157 Å². The molecule has 90 heavy (non-hydrogen) atoms. The predicted octanol–water partition coefficient (Wildman–Crippen LogP) is 12.0. The summed E-state index contributed by atoms with van der Waals surface area (Å²) in [6.45, 7) is 13.7. The largest absolute Gasteiger partial charge is 0.508 e. The van der Waals surface area contributed by atoms with Gasteiger partial charge in [-0.05, 0) is 143 Å². The maximum atomic E-state index is 11.7. The fourth-order valence-corrected chi connectivity index (χ4v) is 12.7. The topological polar surface area (TPSA) is 328 Å². The number of carbonyl (C=O) groups excluding carboxylic acids is 4. The Morgan fingerprint density at radius 2 is 0.689 bits per heavy atom. The molecule has 0 saturated heterocycles. The fourth-order valence-electron chi connectivity index (χ4n) is 8.84. The minimum Gasteiger partial charge on any atom is -0.508 e. The first kappa shape index (κ1) is 64.4.